The number of carbonyl (C=O) groups is 2. The first kappa shape index (κ1) is 17.4. The van der Waals surface area contributed by atoms with Crippen molar-refractivity contribution in [3.63, 3.8) is 0 Å². The van der Waals surface area contributed by atoms with Crippen LogP contribution in [0.4, 0.5) is 4.39 Å². The number of sulfonamides is 1. The van der Waals surface area contributed by atoms with Gasteiger partial charge in [-0.25, -0.2) is 17.5 Å². The number of hydrogen-bond donors (Lipinski definition) is 1. The molecule has 1 heterocycles. The lowest BCUT2D eigenvalue weighted by Gasteiger charge is -2.32. The normalized spacial score (nSPS) is 15.6. The molecule has 1 aliphatic rings. The number of rotatable bonds is 5. The second-order valence-electron chi connectivity index (χ2n) is 5.26. The third kappa shape index (κ3) is 4.26. The molecule has 2 rings (SSSR count). The van der Waals surface area contributed by atoms with E-state index in [9.17, 15) is 22.4 Å². The highest BCUT2D eigenvalue weighted by Gasteiger charge is 2.22. The lowest BCUT2D eigenvalue weighted by atomic mass is 10.2. The highest BCUT2D eigenvalue weighted by atomic mass is 32.2. The van der Waals surface area contributed by atoms with E-state index in [-0.39, 0.29) is 22.9 Å². The molecule has 1 aliphatic heterocycles. The molecular formula is C14H18FN3O4S. The van der Waals surface area contributed by atoms with Crippen molar-refractivity contribution < 1.29 is 22.4 Å². The van der Waals surface area contributed by atoms with Crippen molar-refractivity contribution in [2.75, 3.05) is 32.7 Å². The number of amides is 2. The minimum atomic E-state index is -3.88. The summed E-state index contributed by atoms with van der Waals surface area (Å²) in [6.07, 6.45) is 0.724. The van der Waals surface area contributed by atoms with Gasteiger partial charge in [-0.05, 0) is 30.7 Å². The molecule has 0 aromatic heterocycles. The smallest absolute Gasteiger partial charge is 0.241 e. The van der Waals surface area contributed by atoms with Crippen LogP contribution >= 0.6 is 0 Å². The fraction of sp³-hybridized carbons (Fsp3) is 0.429. The monoisotopic (exact) mass is 343 g/mol. The van der Waals surface area contributed by atoms with Crippen LogP contribution in [0.25, 0.3) is 0 Å². The molecule has 7 nitrogen and oxygen atoms in total. The molecule has 0 bridgehead atoms. The number of hydrogen-bond acceptors (Lipinski definition) is 4. The summed E-state index contributed by atoms with van der Waals surface area (Å²) in [5.74, 6) is -0.856. The Kier molecular flexibility index (Phi) is 5.32. The summed E-state index contributed by atoms with van der Waals surface area (Å²) < 4.78 is 39.7. The average molecular weight is 343 g/mol. The molecule has 0 radical (unpaired) electrons. The van der Waals surface area contributed by atoms with E-state index < -0.39 is 15.8 Å². The number of aryl methyl sites for hydroxylation is 1. The van der Waals surface area contributed by atoms with E-state index in [1.54, 1.807) is 4.90 Å². The molecule has 1 aromatic rings. The molecule has 126 valence electrons. The van der Waals surface area contributed by atoms with Gasteiger partial charge in [0.25, 0.3) is 0 Å². The third-order valence-electron chi connectivity index (χ3n) is 3.67. The van der Waals surface area contributed by atoms with Crippen molar-refractivity contribution >= 4 is 22.3 Å². The SMILES string of the molecule is Cc1cc(S(=O)(=O)NCC(=O)N2CCN(C=O)CC2)ccc1F. The fourth-order valence-electron chi connectivity index (χ4n) is 2.21. The maximum absolute atomic E-state index is 13.2. The van der Waals surface area contributed by atoms with Crippen molar-refractivity contribution in [2.45, 2.75) is 11.8 Å². The molecule has 0 atom stereocenters. The van der Waals surface area contributed by atoms with E-state index in [1.165, 1.54) is 17.9 Å². The van der Waals surface area contributed by atoms with Crippen LogP contribution in [0.15, 0.2) is 23.1 Å². The molecule has 2 amide bonds. The van der Waals surface area contributed by atoms with Crippen LogP contribution in [0.3, 0.4) is 0 Å². The molecule has 23 heavy (non-hydrogen) atoms. The molecule has 0 spiro atoms. The van der Waals surface area contributed by atoms with Crippen molar-refractivity contribution in [3.05, 3.63) is 29.6 Å². The Morgan fingerprint density at radius 3 is 2.52 bits per heavy atom. The van der Waals surface area contributed by atoms with Gasteiger partial charge in [0, 0.05) is 26.2 Å². The largest absolute Gasteiger partial charge is 0.342 e. The zero-order valence-electron chi connectivity index (χ0n) is 12.7. The Balaban J connectivity index is 1.95. The second-order valence-corrected chi connectivity index (χ2v) is 7.02. The van der Waals surface area contributed by atoms with Gasteiger partial charge in [0.1, 0.15) is 5.82 Å². The van der Waals surface area contributed by atoms with Gasteiger partial charge in [-0.1, -0.05) is 0 Å². The van der Waals surface area contributed by atoms with Gasteiger partial charge in [-0.2, -0.15) is 0 Å². The summed E-state index contributed by atoms with van der Waals surface area (Å²) in [5, 5.41) is 0. The predicted octanol–water partition coefficient (Wildman–Crippen LogP) is -0.287. The quantitative estimate of drug-likeness (QED) is 0.745. The summed E-state index contributed by atoms with van der Waals surface area (Å²) >= 11 is 0. The molecule has 1 N–H and O–H groups in total. The summed E-state index contributed by atoms with van der Waals surface area (Å²) in [6, 6.07) is 3.44. The van der Waals surface area contributed by atoms with E-state index >= 15 is 0 Å². The van der Waals surface area contributed by atoms with Gasteiger partial charge in [0.2, 0.25) is 22.3 Å². The number of nitrogens with zero attached hydrogens (tertiary/aromatic N) is 2. The van der Waals surface area contributed by atoms with Crippen LogP contribution in [0.5, 0.6) is 0 Å². The van der Waals surface area contributed by atoms with Crippen LogP contribution in [-0.4, -0.2) is 63.3 Å². The minimum Gasteiger partial charge on any atom is -0.342 e. The van der Waals surface area contributed by atoms with E-state index in [0.717, 1.165) is 18.5 Å². The number of halogens is 1. The molecule has 1 aromatic carbocycles. The lowest BCUT2D eigenvalue weighted by molar-refractivity contribution is -0.134. The van der Waals surface area contributed by atoms with E-state index in [0.29, 0.717) is 26.2 Å². The number of nitrogens with one attached hydrogen (secondary N) is 1. The van der Waals surface area contributed by atoms with E-state index in [2.05, 4.69) is 4.72 Å². The Morgan fingerprint density at radius 1 is 1.30 bits per heavy atom. The van der Waals surface area contributed by atoms with Gasteiger partial charge in [-0.3, -0.25) is 9.59 Å². The molecule has 0 unspecified atom stereocenters. The zero-order valence-corrected chi connectivity index (χ0v) is 13.5. The number of carbonyl (C=O) groups excluding carboxylic acids is 2. The topological polar surface area (TPSA) is 86.8 Å². The molecule has 0 saturated carbocycles. The molecule has 1 fully saturated rings. The van der Waals surface area contributed by atoms with Gasteiger partial charge in [0.05, 0.1) is 11.4 Å². The average Bonchev–Trinajstić information content (AvgIpc) is 2.55. The first-order chi connectivity index (χ1) is 10.8. The van der Waals surface area contributed by atoms with Gasteiger partial charge < -0.3 is 9.80 Å². The number of benzene rings is 1. The van der Waals surface area contributed by atoms with Crippen LogP contribution in [0.2, 0.25) is 0 Å². The third-order valence-corrected chi connectivity index (χ3v) is 5.07. The van der Waals surface area contributed by atoms with Gasteiger partial charge >= 0.3 is 0 Å². The Hall–Kier alpha value is -2.00. The van der Waals surface area contributed by atoms with Crippen molar-refractivity contribution in [1.82, 2.24) is 14.5 Å². The van der Waals surface area contributed by atoms with Gasteiger partial charge in [0.15, 0.2) is 0 Å². The summed E-state index contributed by atoms with van der Waals surface area (Å²) in [6.45, 7) is 2.69. The van der Waals surface area contributed by atoms with Gasteiger partial charge in [-0.15, -0.1) is 0 Å². The first-order valence-electron chi connectivity index (χ1n) is 7.06. The minimum absolute atomic E-state index is 0.0880. The molecule has 9 heteroatoms. The molecule has 0 aliphatic carbocycles. The van der Waals surface area contributed by atoms with E-state index in [4.69, 9.17) is 0 Å². The summed E-state index contributed by atoms with van der Waals surface area (Å²) in [5.41, 5.74) is 0.212. The van der Waals surface area contributed by atoms with Crippen molar-refractivity contribution in [3.8, 4) is 0 Å². The molecule has 1 saturated heterocycles. The summed E-state index contributed by atoms with van der Waals surface area (Å²) in [7, 11) is -3.88. The van der Waals surface area contributed by atoms with Crippen LogP contribution in [0, 0.1) is 12.7 Å². The number of piperazine rings is 1. The van der Waals surface area contributed by atoms with Crippen molar-refractivity contribution in [1.29, 1.82) is 0 Å². The first-order valence-corrected chi connectivity index (χ1v) is 8.55. The van der Waals surface area contributed by atoms with Crippen LogP contribution < -0.4 is 4.72 Å². The Labute approximate surface area is 134 Å². The zero-order chi connectivity index (χ0) is 17.0. The maximum atomic E-state index is 13.2. The van der Waals surface area contributed by atoms with Crippen LogP contribution in [-0.2, 0) is 19.6 Å². The fourth-order valence-corrected chi connectivity index (χ4v) is 3.27. The maximum Gasteiger partial charge on any atom is 0.241 e. The highest BCUT2D eigenvalue weighted by molar-refractivity contribution is 7.89. The Morgan fingerprint density at radius 2 is 1.96 bits per heavy atom. The van der Waals surface area contributed by atoms with Crippen molar-refractivity contribution in [2.24, 2.45) is 0 Å². The Bertz CT molecular complexity index is 700. The molecular weight excluding hydrogens is 325 g/mol. The van der Waals surface area contributed by atoms with Crippen LogP contribution in [0.1, 0.15) is 5.56 Å². The standard InChI is InChI=1S/C14H18FN3O4S/c1-11-8-12(2-3-13(11)15)23(21,22)16-9-14(20)18-6-4-17(10-19)5-7-18/h2-3,8,10,16H,4-7,9H2,1H3. The summed E-state index contributed by atoms with van der Waals surface area (Å²) in [4.78, 5) is 25.6. The predicted molar refractivity (Wildman–Crippen MR) is 80.5 cm³/mol. The second kappa shape index (κ2) is 7.05. The highest BCUT2D eigenvalue weighted by Crippen LogP contribution is 2.14. The van der Waals surface area contributed by atoms with E-state index in [1.807, 2.05) is 0 Å². The lowest BCUT2D eigenvalue weighted by Crippen LogP contribution is -2.50.